The number of benzene rings is 2. The van der Waals surface area contributed by atoms with E-state index in [0.717, 1.165) is 80.5 Å². The molecule has 0 bridgehead atoms. The number of carbonyl (C=O) groups is 1. The summed E-state index contributed by atoms with van der Waals surface area (Å²) in [4.78, 5) is 26.6. The molecule has 0 radical (unpaired) electrons. The van der Waals surface area contributed by atoms with Gasteiger partial charge in [0.2, 0.25) is 5.88 Å². The van der Waals surface area contributed by atoms with Gasteiger partial charge in [-0.15, -0.1) is 0 Å². The molecule has 2 fully saturated rings. The van der Waals surface area contributed by atoms with Crippen LogP contribution in [0.1, 0.15) is 42.0 Å². The van der Waals surface area contributed by atoms with Gasteiger partial charge in [-0.3, -0.25) is 4.90 Å². The molecule has 2 saturated heterocycles. The molecule has 2 aromatic carbocycles. The molecule has 4 heterocycles. The molecule has 6 rings (SSSR count). The fourth-order valence-corrected chi connectivity index (χ4v) is 5.10. The van der Waals surface area contributed by atoms with Crippen molar-refractivity contribution in [2.75, 3.05) is 44.8 Å². The van der Waals surface area contributed by atoms with Gasteiger partial charge in [-0.05, 0) is 36.2 Å². The molecule has 1 atom stereocenters. The van der Waals surface area contributed by atoms with Gasteiger partial charge in [-0.1, -0.05) is 50.2 Å². The first-order valence-corrected chi connectivity index (χ1v) is 14.5. The molecule has 9 heteroatoms. The van der Waals surface area contributed by atoms with Gasteiger partial charge < -0.3 is 23.7 Å². The van der Waals surface area contributed by atoms with E-state index in [4.69, 9.17) is 24.2 Å². The molecule has 2 aliphatic heterocycles. The Morgan fingerprint density at radius 3 is 2.46 bits per heavy atom. The number of hydrogen-bond acceptors (Lipinski definition) is 8. The lowest BCUT2D eigenvalue weighted by Crippen LogP contribution is -2.46. The van der Waals surface area contributed by atoms with E-state index in [1.807, 2.05) is 62.4 Å². The third-order valence-corrected chi connectivity index (χ3v) is 7.43. The average molecular weight is 558 g/mol. The van der Waals surface area contributed by atoms with Crippen LogP contribution in [0, 0.1) is 0 Å². The zero-order chi connectivity index (χ0) is 28.6. The number of rotatable bonds is 9. The molecule has 0 spiro atoms. The van der Waals surface area contributed by atoms with Crippen LogP contribution in [0.25, 0.3) is 11.0 Å². The first kappa shape index (κ1) is 28.6. The fourth-order valence-electron chi connectivity index (χ4n) is 5.10. The van der Waals surface area contributed by atoms with Crippen molar-refractivity contribution < 1.29 is 19.0 Å². The van der Waals surface area contributed by atoms with E-state index in [2.05, 4.69) is 26.5 Å². The zero-order valence-corrected chi connectivity index (χ0v) is 24.2. The molecule has 216 valence electrons. The van der Waals surface area contributed by atoms with Crippen LogP contribution in [0.5, 0.6) is 5.88 Å². The number of fused-ring (bicyclic) bond motifs is 1. The number of piperazine rings is 1. The second kappa shape index (κ2) is 13.6. The summed E-state index contributed by atoms with van der Waals surface area (Å²) in [6.45, 7) is 10.3. The number of aromatic nitrogens is 3. The highest BCUT2D eigenvalue weighted by Gasteiger charge is 2.25. The van der Waals surface area contributed by atoms with E-state index in [-0.39, 0.29) is 12.1 Å². The van der Waals surface area contributed by atoms with Crippen molar-refractivity contribution in [3.63, 3.8) is 0 Å². The van der Waals surface area contributed by atoms with E-state index in [9.17, 15) is 4.79 Å². The molecular weight excluding hydrogens is 518 g/mol. The fraction of sp³-hybridized carbons (Fsp3) is 0.406. The maximum Gasteiger partial charge on any atom is 0.337 e. The molecule has 0 aliphatic carbocycles. The monoisotopic (exact) mass is 557 g/mol. The van der Waals surface area contributed by atoms with Crippen LogP contribution in [0.15, 0.2) is 66.7 Å². The normalized spacial score (nSPS) is 17.0. The molecular formula is C32H39N5O4. The number of pyridine rings is 1. The standard InChI is InChI=1S/C30H33N5O4.C2H6/c1-37-30(36)23-10-11-25-26(18-23)35(19-24-12-17-38-24)28(31-25)20-33-13-15-34(16-14-33)27-8-5-9-29(32-27)39-21-22-6-3-2-4-7-22;1-2/h2-11,18,24H,12-17,19-21H2,1H3;1-2H3. The highest BCUT2D eigenvalue weighted by Crippen LogP contribution is 2.24. The number of hydrogen-bond donors (Lipinski definition) is 0. The molecule has 2 aromatic heterocycles. The summed E-state index contributed by atoms with van der Waals surface area (Å²) in [5.41, 5.74) is 3.48. The minimum atomic E-state index is -0.342. The van der Waals surface area contributed by atoms with Crippen LogP contribution >= 0.6 is 0 Å². The van der Waals surface area contributed by atoms with Crippen molar-refractivity contribution in [3.8, 4) is 5.88 Å². The number of esters is 1. The molecule has 1 unspecified atom stereocenters. The predicted molar refractivity (Wildman–Crippen MR) is 159 cm³/mol. The van der Waals surface area contributed by atoms with Crippen molar-refractivity contribution in [1.29, 1.82) is 0 Å². The Bertz CT molecular complexity index is 1430. The minimum Gasteiger partial charge on any atom is -0.473 e. The van der Waals surface area contributed by atoms with Gasteiger partial charge in [0.05, 0.1) is 42.9 Å². The lowest BCUT2D eigenvalue weighted by Gasteiger charge is -2.35. The van der Waals surface area contributed by atoms with Gasteiger partial charge in [0, 0.05) is 38.9 Å². The van der Waals surface area contributed by atoms with Crippen LogP contribution in [0.3, 0.4) is 0 Å². The molecule has 0 N–H and O–H groups in total. The van der Waals surface area contributed by atoms with Crippen molar-refractivity contribution in [2.24, 2.45) is 0 Å². The van der Waals surface area contributed by atoms with Crippen LogP contribution < -0.4 is 9.64 Å². The summed E-state index contributed by atoms with van der Waals surface area (Å²) in [7, 11) is 1.40. The van der Waals surface area contributed by atoms with Crippen LogP contribution in [0.2, 0.25) is 0 Å². The summed E-state index contributed by atoms with van der Waals surface area (Å²) in [5.74, 6) is 2.22. The first-order valence-electron chi connectivity index (χ1n) is 14.5. The van der Waals surface area contributed by atoms with Gasteiger partial charge >= 0.3 is 5.97 Å². The van der Waals surface area contributed by atoms with E-state index in [1.54, 1.807) is 6.07 Å². The number of nitrogens with zero attached hydrogens (tertiary/aromatic N) is 5. The third-order valence-electron chi connectivity index (χ3n) is 7.43. The molecule has 0 saturated carbocycles. The van der Waals surface area contributed by atoms with Crippen LogP contribution in [0.4, 0.5) is 5.82 Å². The molecule has 2 aliphatic rings. The Hall–Kier alpha value is -3.95. The van der Waals surface area contributed by atoms with Gasteiger partial charge in [0.1, 0.15) is 18.2 Å². The van der Waals surface area contributed by atoms with Crippen LogP contribution in [-0.4, -0.2) is 71.4 Å². The Morgan fingerprint density at radius 2 is 1.76 bits per heavy atom. The lowest BCUT2D eigenvalue weighted by atomic mass is 10.1. The summed E-state index contributed by atoms with van der Waals surface area (Å²) in [6.07, 6.45) is 1.22. The molecule has 41 heavy (non-hydrogen) atoms. The number of methoxy groups -OCH3 is 1. The SMILES string of the molecule is CC.COC(=O)c1ccc2nc(CN3CCN(c4cccc(OCc5ccccc5)n4)CC3)n(CC3CCO3)c2c1. The number of anilines is 1. The first-order chi connectivity index (χ1) is 20.2. The van der Waals surface area contributed by atoms with Crippen molar-refractivity contribution in [2.45, 2.75) is 46.1 Å². The summed E-state index contributed by atoms with van der Waals surface area (Å²) >= 11 is 0. The van der Waals surface area contributed by atoms with Crippen molar-refractivity contribution in [1.82, 2.24) is 19.4 Å². The van der Waals surface area contributed by atoms with Gasteiger partial charge in [0.15, 0.2) is 0 Å². The lowest BCUT2D eigenvalue weighted by molar-refractivity contribution is -0.0592. The number of carbonyl (C=O) groups excluding carboxylic acids is 1. The number of imidazole rings is 1. The second-order valence-electron chi connectivity index (χ2n) is 9.99. The Balaban J connectivity index is 0.00000165. The highest BCUT2D eigenvalue weighted by atomic mass is 16.5. The zero-order valence-electron chi connectivity index (χ0n) is 24.2. The molecule has 4 aromatic rings. The number of ether oxygens (including phenoxy) is 3. The van der Waals surface area contributed by atoms with E-state index in [0.29, 0.717) is 18.1 Å². The Kier molecular flexibility index (Phi) is 9.48. The second-order valence-corrected chi connectivity index (χ2v) is 9.99. The largest absolute Gasteiger partial charge is 0.473 e. The van der Waals surface area contributed by atoms with Gasteiger partial charge in [-0.2, -0.15) is 4.98 Å². The molecule has 9 nitrogen and oxygen atoms in total. The van der Waals surface area contributed by atoms with Crippen molar-refractivity contribution in [3.05, 3.63) is 83.7 Å². The predicted octanol–water partition coefficient (Wildman–Crippen LogP) is 4.93. The van der Waals surface area contributed by atoms with Crippen LogP contribution in [-0.2, 0) is 29.2 Å². The topological polar surface area (TPSA) is 82.0 Å². The summed E-state index contributed by atoms with van der Waals surface area (Å²) in [6, 6.07) is 21.6. The Labute approximate surface area is 241 Å². The smallest absolute Gasteiger partial charge is 0.337 e. The van der Waals surface area contributed by atoms with E-state index >= 15 is 0 Å². The summed E-state index contributed by atoms with van der Waals surface area (Å²) < 4.78 is 18.8. The van der Waals surface area contributed by atoms with E-state index < -0.39 is 0 Å². The van der Waals surface area contributed by atoms with E-state index in [1.165, 1.54) is 7.11 Å². The minimum absolute atomic E-state index is 0.183. The maximum absolute atomic E-state index is 12.1. The summed E-state index contributed by atoms with van der Waals surface area (Å²) in [5, 5.41) is 0. The van der Waals surface area contributed by atoms with Gasteiger partial charge in [0.25, 0.3) is 0 Å². The van der Waals surface area contributed by atoms with Gasteiger partial charge in [-0.25, -0.2) is 9.78 Å². The highest BCUT2D eigenvalue weighted by molar-refractivity contribution is 5.93. The van der Waals surface area contributed by atoms with Crippen molar-refractivity contribution >= 4 is 22.8 Å². The maximum atomic E-state index is 12.1. The third kappa shape index (κ3) is 6.86. The molecule has 0 amide bonds. The quantitative estimate of drug-likeness (QED) is 0.268. The Morgan fingerprint density at radius 1 is 0.976 bits per heavy atom. The average Bonchev–Trinajstić information content (AvgIpc) is 3.35.